The molecule has 3 heterocycles. The molecule has 0 radical (unpaired) electrons. The minimum Gasteiger partial charge on any atom is -0.371 e. The zero-order chi connectivity index (χ0) is 13.9. The Labute approximate surface area is 120 Å². The summed E-state index contributed by atoms with van der Waals surface area (Å²) in [7, 11) is 0. The second kappa shape index (κ2) is 5.65. The van der Waals surface area contributed by atoms with Crippen molar-refractivity contribution in [1.82, 2.24) is 14.8 Å². The van der Waals surface area contributed by atoms with Crippen LogP contribution in [0.25, 0.3) is 0 Å². The van der Waals surface area contributed by atoms with Gasteiger partial charge in [-0.1, -0.05) is 0 Å². The maximum Gasteiger partial charge on any atom is 0.0524 e. The van der Waals surface area contributed by atoms with Crippen molar-refractivity contribution in [2.24, 2.45) is 0 Å². The lowest BCUT2D eigenvalue weighted by Crippen LogP contribution is -2.32. The van der Waals surface area contributed by atoms with Gasteiger partial charge in [0.2, 0.25) is 0 Å². The number of hydrogen-bond donors (Lipinski definition) is 0. The Morgan fingerprint density at radius 1 is 1.30 bits per heavy atom. The smallest absolute Gasteiger partial charge is 0.0524 e. The van der Waals surface area contributed by atoms with E-state index in [9.17, 15) is 0 Å². The van der Waals surface area contributed by atoms with E-state index < -0.39 is 0 Å². The lowest BCUT2D eigenvalue weighted by atomic mass is 9.91. The van der Waals surface area contributed by atoms with E-state index in [-0.39, 0.29) is 0 Å². The Balaban J connectivity index is 1.64. The van der Waals surface area contributed by atoms with Crippen LogP contribution >= 0.6 is 0 Å². The summed E-state index contributed by atoms with van der Waals surface area (Å²) in [6, 6.07) is 4.29. The van der Waals surface area contributed by atoms with Crippen LogP contribution in [0.4, 0.5) is 5.69 Å². The van der Waals surface area contributed by atoms with Gasteiger partial charge in [0.25, 0.3) is 0 Å². The normalized spacial score (nSPS) is 16.6. The van der Waals surface area contributed by atoms with Gasteiger partial charge in [-0.2, -0.15) is 5.10 Å². The molecular formula is C16H22N4. The molecule has 4 heteroatoms. The molecule has 1 saturated heterocycles. The molecule has 20 heavy (non-hydrogen) atoms. The molecular weight excluding hydrogens is 248 g/mol. The predicted molar refractivity (Wildman–Crippen MR) is 81.1 cm³/mol. The number of pyridine rings is 1. The van der Waals surface area contributed by atoms with Gasteiger partial charge >= 0.3 is 0 Å². The van der Waals surface area contributed by atoms with Crippen LogP contribution in [0.1, 0.15) is 36.9 Å². The van der Waals surface area contributed by atoms with E-state index in [0.717, 1.165) is 25.3 Å². The maximum absolute atomic E-state index is 4.39. The fourth-order valence-electron chi connectivity index (χ4n) is 2.96. The predicted octanol–water partition coefficient (Wildman–Crippen LogP) is 2.99. The Morgan fingerprint density at radius 3 is 2.75 bits per heavy atom. The SMILES string of the molecule is CCn1cc(C2CCN(c3ccnc(C)c3)CC2)cn1. The molecule has 3 rings (SSSR count). The highest BCUT2D eigenvalue weighted by Crippen LogP contribution is 2.30. The van der Waals surface area contributed by atoms with Gasteiger partial charge in [0.15, 0.2) is 0 Å². The third-order valence-electron chi connectivity index (χ3n) is 4.19. The van der Waals surface area contributed by atoms with Crippen molar-refractivity contribution in [2.75, 3.05) is 18.0 Å². The third kappa shape index (κ3) is 2.69. The zero-order valence-electron chi connectivity index (χ0n) is 12.3. The summed E-state index contributed by atoms with van der Waals surface area (Å²) >= 11 is 0. The van der Waals surface area contributed by atoms with Crippen molar-refractivity contribution >= 4 is 5.69 Å². The molecule has 0 aliphatic carbocycles. The summed E-state index contributed by atoms with van der Waals surface area (Å²) in [6.45, 7) is 7.37. The molecule has 0 bridgehead atoms. The number of aromatic nitrogens is 3. The van der Waals surface area contributed by atoms with Crippen LogP contribution in [-0.4, -0.2) is 27.9 Å². The number of nitrogens with zero attached hydrogens (tertiary/aromatic N) is 4. The molecule has 0 atom stereocenters. The zero-order valence-corrected chi connectivity index (χ0v) is 12.3. The van der Waals surface area contributed by atoms with Gasteiger partial charge in [0.1, 0.15) is 0 Å². The first kappa shape index (κ1) is 13.2. The van der Waals surface area contributed by atoms with Crippen LogP contribution in [0.2, 0.25) is 0 Å². The van der Waals surface area contributed by atoms with E-state index in [0.29, 0.717) is 5.92 Å². The molecule has 0 unspecified atom stereocenters. The second-order valence-corrected chi connectivity index (χ2v) is 5.55. The number of piperidine rings is 1. The van der Waals surface area contributed by atoms with Crippen LogP contribution in [0.3, 0.4) is 0 Å². The molecule has 1 aliphatic heterocycles. The molecule has 0 spiro atoms. The highest BCUT2D eigenvalue weighted by Gasteiger charge is 2.21. The second-order valence-electron chi connectivity index (χ2n) is 5.55. The summed E-state index contributed by atoms with van der Waals surface area (Å²) in [5.74, 6) is 0.662. The summed E-state index contributed by atoms with van der Waals surface area (Å²) in [5, 5.41) is 4.39. The van der Waals surface area contributed by atoms with Gasteiger partial charge in [-0.25, -0.2) is 0 Å². The van der Waals surface area contributed by atoms with E-state index in [1.54, 1.807) is 0 Å². The topological polar surface area (TPSA) is 34.0 Å². The highest BCUT2D eigenvalue weighted by atomic mass is 15.3. The van der Waals surface area contributed by atoms with E-state index in [1.807, 2.05) is 17.1 Å². The molecule has 4 nitrogen and oxygen atoms in total. The first-order valence-electron chi connectivity index (χ1n) is 7.46. The van der Waals surface area contributed by atoms with Crippen LogP contribution in [0.15, 0.2) is 30.7 Å². The van der Waals surface area contributed by atoms with Crippen molar-refractivity contribution in [1.29, 1.82) is 0 Å². The molecule has 1 aliphatic rings. The van der Waals surface area contributed by atoms with Gasteiger partial charge in [-0.05, 0) is 50.3 Å². The molecule has 2 aromatic rings. The van der Waals surface area contributed by atoms with Crippen molar-refractivity contribution in [3.63, 3.8) is 0 Å². The third-order valence-corrected chi connectivity index (χ3v) is 4.19. The average molecular weight is 270 g/mol. The maximum atomic E-state index is 4.39. The Kier molecular flexibility index (Phi) is 3.72. The van der Waals surface area contributed by atoms with E-state index in [4.69, 9.17) is 0 Å². The first-order valence-corrected chi connectivity index (χ1v) is 7.46. The van der Waals surface area contributed by atoms with Gasteiger partial charge in [0.05, 0.1) is 6.20 Å². The van der Waals surface area contributed by atoms with Gasteiger partial charge in [0, 0.05) is 43.4 Å². The Hall–Kier alpha value is -1.84. The molecule has 1 fully saturated rings. The molecule has 0 aromatic carbocycles. The minimum absolute atomic E-state index is 0.662. The number of rotatable bonds is 3. The summed E-state index contributed by atoms with van der Waals surface area (Å²) in [5.41, 5.74) is 3.80. The van der Waals surface area contributed by atoms with E-state index in [1.165, 1.54) is 24.1 Å². The first-order chi connectivity index (χ1) is 9.76. The fourth-order valence-corrected chi connectivity index (χ4v) is 2.96. The Bertz CT molecular complexity index is 567. The molecule has 106 valence electrons. The lowest BCUT2D eigenvalue weighted by molar-refractivity contribution is 0.504. The van der Waals surface area contributed by atoms with Crippen LogP contribution in [-0.2, 0) is 6.54 Å². The number of anilines is 1. The quantitative estimate of drug-likeness (QED) is 0.860. The summed E-state index contributed by atoms with van der Waals surface area (Å²) in [4.78, 5) is 6.74. The van der Waals surface area contributed by atoms with Crippen molar-refractivity contribution in [3.8, 4) is 0 Å². The summed E-state index contributed by atoms with van der Waals surface area (Å²) < 4.78 is 2.02. The van der Waals surface area contributed by atoms with Crippen molar-refractivity contribution in [2.45, 2.75) is 39.2 Å². The van der Waals surface area contributed by atoms with E-state index in [2.05, 4.69) is 47.2 Å². The van der Waals surface area contributed by atoms with E-state index >= 15 is 0 Å². The summed E-state index contributed by atoms with van der Waals surface area (Å²) in [6.07, 6.45) is 8.56. The number of hydrogen-bond acceptors (Lipinski definition) is 3. The standard InChI is InChI=1S/C16H22N4/c1-3-20-12-15(11-18-20)14-5-8-19(9-6-14)16-4-7-17-13(2)10-16/h4,7,10-12,14H,3,5-6,8-9H2,1-2H3. The van der Waals surface area contributed by atoms with Crippen LogP contribution < -0.4 is 4.90 Å². The average Bonchev–Trinajstić information content (AvgIpc) is 2.96. The monoisotopic (exact) mass is 270 g/mol. The minimum atomic E-state index is 0.662. The molecule has 0 saturated carbocycles. The highest BCUT2D eigenvalue weighted by molar-refractivity contribution is 5.47. The molecule has 0 N–H and O–H groups in total. The largest absolute Gasteiger partial charge is 0.371 e. The fraction of sp³-hybridized carbons (Fsp3) is 0.500. The van der Waals surface area contributed by atoms with Crippen LogP contribution in [0.5, 0.6) is 0 Å². The van der Waals surface area contributed by atoms with Gasteiger partial charge in [-0.15, -0.1) is 0 Å². The van der Waals surface area contributed by atoms with Crippen molar-refractivity contribution in [3.05, 3.63) is 42.0 Å². The number of aryl methyl sites for hydroxylation is 2. The Morgan fingerprint density at radius 2 is 2.10 bits per heavy atom. The van der Waals surface area contributed by atoms with Crippen molar-refractivity contribution < 1.29 is 0 Å². The van der Waals surface area contributed by atoms with Gasteiger partial charge in [-0.3, -0.25) is 9.67 Å². The molecule has 0 amide bonds. The van der Waals surface area contributed by atoms with Gasteiger partial charge < -0.3 is 4.90 Å². The van der Waals surface area contributed by atoms with Crippen LogP contribution in [0, 0.1) is 6.92 Å². The molecule has 2 aromatic heterocycles. The lowest BCUT2D eigenvalue weighted by Gasteiger charge is -2.33.